The van der Waals surface area contributed by atoms with E-state index in [2.05, 4.69) is 15.5 Å². The van der Waals surface area contributed by atoms with Gasteiger partial charge >= 0.3 is 5.76 Å². The second kappa shape index (κ2) is 6.96. The van der Waals surface area contributed by atoms with Gasteiger partial charge in [-0.15, -0.1) is 10.2 Å². The quantitative estimate of drug-likeness (QED) is 0.460. The Hall–Kier alpha value is -3.08. The van der Waals surface area contributed by atoms with Crippen molar-refractivity contribution in [1.82, 2.24) is 14.8 Å². The molecule has 0 spiro atoms. The monoisotopic (exact) mass is 455 g/mol. The molecule has 0 unspecified atom stereocenters. The fourth-order valence-electron chi connectivity index (χ4n) is 6.48. The van der Waals surface area contributed by atoms with Gasteiger partial charge in [-0.2, -0.15) is 0 Å². The maximum absolute atomic E-state index is 12.6. The van der Waals surface area contributed by atoms with E-state index in [9.17, 15) is 19.7 Å². The Morgan fingerprint density at radius 2 is 1.91 bits per heavy atom. The lowest BCUT2D eigenvalue weighted by Crippen LogP contribution is -2.48. The van der Waals surface area contributed by atoms with Crippen molar-refractivity contribution in [3.63, 3.8) is 0 Å². The summed E-state index contributed by atoms with van der Waals surface area (Å²) in [6, 6.07) is 3.85. The van der Waals surface area contributed by atoms with Gasteiger partial charge in [0.05, 0.1) is 16.5 Å². The van der Waals surface area contributed by atoms with E-state index in [4.69, 9.17) is 4.42 Å². The number of rotatable bonds is 5. The molecule has 0 atom stereocenters. The molecule has 4 aliphatic rings. The molecular formula is C21H21N5O5S. The number of amides is 1. The zero-order chi connectivity index (χ0) is 22.0. The number of hydrogen-bond donors (Lipinski definition) is 1. The SMILES string of the molecule is O=C(Cn1c(=O)oc2cc([N+](=O)[O-])ccc21)Nc1nnc(C23CC4CC(CC(C4)C2)C3)s1. The molecule has 1 N–H and O–H groups in total. The van der Waals surface area contributed by atoms with E-state index in [0.29, 0.717) is 10.6 Å². The minimum atomic E-state index is -0.748. The van der Waals surface area contributed by atoms with Gasteiger partial charge in [-0.1, -0.05) is 11.3 Å². The highest BCUT2D eigenvalue weighted by molar-refractivity contribution is 7.15. The minimum absolute atomic E-state index is 0.0667. The van der Waals surface area contributed by atoms with E-state index >= 15 is 0 Å². The van der Waals surface area contributed by atoms with Gasteiger partial charge in [0.25, 0.3) is 5.69 Å². The Bertz CT molecular complexity index is 1270. The zero-order valence-electron chi connectivity index (χ0n) is 17.2. The Morgan fingerprint density at radius 1 is 1.22 bits per heavy atom. The fourth-order valence-corrected chi connectivity index (χ4v) is 7.46. The first kappa shape index (κ1) is 19.6. The molecule has 0 aliphatic heterocycles. The second-order valence-corrected chi connectivity index (χ2v) is 10.5. The Labute approximate surface area is 185 Å². The van der Waals surface area contributed by atoms with Crippen molar-refractivity contribution in [2.75, 3.05) is 5.32 Å². The number of nitro benzene ring substituents is 1. The summed E-state index contributed by atoms with van der Waals surface area (Å²) in [6.45, 7) is -0.282. The molecule has 4 saturated carbocycles. The molecule has 3 aromatic rings. The number of carbonyl (C=O) groups is 1. The summed E-state index contributed by atoms with van der Waals surface area (Å²) in [5, 5.41) is 23.8. The number of carbonyl (C=O) groups excluding carboxylic acids is 1. The second-order valence-electron chi connectivity index (χ2n) is 9.52. The van der Waals surface area contributed by atoms with Crippen molar-refractivity contribution in [1.29, 1.82) is 0 Å². The highest BCUT2D eigenvalue weighted by Gasteiger charge is 2.53. The molecule has 166 valence electrons. The lowest BCUT2D eigenvalue weighted by atomic mass is 9.50. The van der Waals surface area contributed by atoms with Gasteiger partial charge in [-0.3, -0.25) is 24.8 Å². The van der Waals surface area contributed by atoms with Crippen molar-refractivity contribution in [3.8, 4) is 0 Å². The molecule has 11 heteroatoms. The molecule has 0 saturated heterocycles. The highest BCUT2D eigenvalue weighted by atomic mass is 32.1. The topological polar surface area (TPSA) is 133 Å². The maximum atomic E-state index is 12.6. The molecule has 2 aromatic heterocycles. The van der Waals surface area contributed by atoms with E-state index in [1.54, 1.807) is 0 Å². The minimum Gasteiger partial charge on any atom is -0.407 e. The molecule has 10 nitrogen and oxygen atoms in total. The van der Waals surface area contributed by atoms with E-state index in [1.807, 2.05) is 0 Å². The molecule has 4 fully saturated rings. The molecule has 0 radical (unpaired) electrons. The van der Waals surface area contributed by atoms with Crippen LogP contribution in [0.2, 0.25) is 0 Å². The van der Waals surface area contributed by atoms with E-state index in [1.165, 1.54) is 68.1 Å². The summed E-state index contributed by atoms with van der Waals surface area (Å²) in [6.07, 6.45) is 7.55. The molecule has 2 heterocycles. The van der Waals surface area contributed by atoms with Crippen LogP contribution in [0, 0.1) is 27.9 Å². The van der Waals surface area contributed by atoms with Crippen LogP contribution in [0.5, 0.6) is 0 Å². The van der Waals surface area contributed by atoms with E-state index in [-0.39, 0.29) is 23.2 Å². The number of benzene rings is 1. The van der Waals surface area contributed by atoms with Gasteiger partial charge in [0.1, 0.15) is 11.6 Å². The zero-order valence-corrected chi connectivity index (χ0v) is 18.0. The standard InChI is InChI=1S/C21H21N5O5S/c27-17(10-25-15-2-1-14(26(29)30)6-16(15)31-20(25)28)22-19-24-23-18(32-19)21-7-11-3-12(8-21)5-13(4-11)9-21/h1-2,6,11-13H,3-5,7-10H2,(H,22,24,27). The average Bonchev–Trinajstić information content (AvgIpc) is 3.31. The van der Waals surface area contributed by atoms with Crippen LogP contribution in [0.15, 0.2) is 27.4 Å². The van der Waals surface area contributed by atoms with Crippen LogP contribution in [-0.4, -0.2) is 25.6 Å². The van der Waals surface area contributed by atoms with Crippen molar-refractivity contribution in [2.45, 2.75) is 50.5 Å². The number of oxazole rings is 1. The molecule has 7 rings (SSSR count). The average molecular weight is 455 g/mol. The molecule has 4 aliphatic carbocycles. The van der Waals surface area contributed by atoms with Crippen LogP contribution in [0.1, 0.15) is 43.5 Å². The first-order chi connectivity index (χ1) is 15.4. The number of nitrogens with zero attached hydrogens (tertiary/aromatic N) is 4. The van der Waals surface area contributed by atoms with Crippen molar-refractivity contribution < 1.29 is 14.1 Å². The summed E-state index contributed by atoms with van der Waals surface area (Å²) in [7, 11) is 0. The predicted molar refractivity (Wildman–Crippen MR) is 116 cm³/mol. The smallest absolute Gasteiger partial charge is 0.407 e. The molecule has 1 aromatic carbocycles. The van der Waals surface area contributed by atoms with Crippen LogP contribution in [-0.2, 0) is 16.8 Å². The third-order valence-electron chi connectivity index (χ3n) is 7.33. The van der Waals surface area contributed by atoms with Crippen LogP contribution in [0.3, 0.4) is 0 Å². The van der Waals surface area contributed by atoms with Gasteiger partial charge < -0.3 is 4.42 Å². The van der Waals surface area contributed by atoms with Crippen molar-refractivity contribution >= 4 is 39.2 Å². The largest absolute Gasteiger partial charge is 0.420 e. The van der Waals surface area contributed by atoms with Crippen LogP contribution < -0.4 is 11.1 Å². The number of fused-ring (bicyclic) bond motifs is 1. The summed E-state index contributed by atoms with van der Waals surface area (Å²) < 4.78 is 6.23. The van der Waals surface area contributed by atoms with E-state index < -0.39 is 16.6 Å². The Kier molecular flexibility index (Phi) is 4.26. The third-order valence-corrected chi connectivity index (χ3v) is 8.41. The van der Waals surface area contributed by atoms with Gasteiger partial charge in [0.2, 0.25) is 11.0 Å². The van der Waals surface area contributed by atoms with Gasteiger partial charge in [0, 0.05) is 11.5 Å². The summed E-state index contributed by atoms with van der Waals surface area (Å²) in [5.41, 5.74) is 0.315. The molecule has 1 amide bonds. The number of nitro groups is 1. The number of anilines is 1. The Balaban J connectivity index is 1.20. The number of hydrogen-bond acceptors (Lipinski definition) is 8. The number of non-ortho nitro benzene ring substituents is 1. The molecule has 4 bridgehead atoms. The number of nitrogens with one attached hydrogen (secondary N) is 1. The van der Waals surface area contributed by atoms with E-state index in [0.717, 1.165) is 27.3 Å². The fraction of sp³-hybridized carbons (Fsp3) is 0.524. The first-order valence-corrected chi connectivity index (χ1v) is 11.6. The van der Waals surface area contributed by atoms with Gasteiger partial charge in [-0.25, -0.2) is 4.79 Å². The van der Waals surface area contributed by atoms with Crippen LogP contribution in [0.4, 0.5) is 10.8 Å². The molecular weight excluding hydrogens is 434 g/mol. The van der Waals surface area contributed by atoms with Gasteiger partial charge in [0.15, 0.2) is 5.58 Å². The van der Waals surface area contributed by atoms with Gasteiger partial charge in [-0.05, 0) is 62.3 Å². The Morgan fingerprint density at radius 3 is 2.56 bits per heavy atom. The third kappa shape index (κ3) is 3.14. The highest BCUT2D eigenvalue weighted by Crippen LogP contribution is 2.61. The lowest BCUT2D eigenvalue weighted by molar-refractivity contribution is -0.384. The van der Waals surface area contributed by atoms with Crippen LogP contribution in [0.25, 0.3) is 11.1 Å². The first-order valence-electron chi connectivity index (χ1n) is 10.8. The normalized spacial score (nSPS) is 28.3. The number of aromatic nitrogens is 3. The maximum Gasteiger partial charge on any atom is 0.420 e. The summed E-state index contributed by atoms with van der Waals surface area (Å²) >= 11 is 1.44. The predicted octanol–water partition coefficient (Wildman–Crippen LogP) is 3.46. The van der Waals surface area contributed by atoms with Crippen molar-refractivity contribution in [2.24, 2.45) is 17.8 Å². The lowest BCUT2D eigenvalue weighted by Gasteiger charge is -2.55. The molecule has 32 heavy (non-hydrogen) atoms. The van der Waals surface area contributed by atoms with Crippen molar-refractivity contribution in [3.05, 3.63) is 43.9 Å². The summed E-state index contributed by atoms with van der Waals surface area (Å²) in [5.74, 6) is 1.20. The van der Waals surface area contributed by atoms with Crippen LogP contribution >= 0.6 is 11.3 Å². The summed E-state index contributed by atoms with van der Waals surface area (Å²) in [4.78, 5) is 35.2.